The van der Waals surface area contributed by atoms with Crippen LogP contribution in [0.4, 0.5) is 0 Å². The summed E-state index contributed by atoms with van der Waals surface area (Å²) >= 11 is 0. The summed E-state index contributed by atoms with van der Waals surface area (Å²) < 4.78 is 10.8. The zero-order valence-corrected chi connectivity index (χ0v) is 27.5. The predicted octanol–water partition coefficient (Wildman–Crippen LogP) is 7.12. The molecule has 0 aliphatic heterocycles. The van der Waals surface area contributed by atoms with Crippen molar-refractivity contribution >= 4 is 39.3 Å². The second kappa shape index (κ2) is 21.0. The topological polar surface area (TPSA) is 122 Å². The number of carbonyl (C=O) groups is 3. The molecule has 1 unspecified atom stereocenters. The maximum absolute atomic E-state index is 13.1. The maximum atomic E-state index is 13.1. The molecule has 9 heteroatoms. The van der Waals surface area contributed by atoms with Crippen LogP contribution < -0.4 is 11.5 Å². The van der Waals surface area contributed by atoms with Crippen molar-refractivity contribution in [2.45, 2.75) is 167 Å². The first kappa shape index (κ1) is 38.2. The molecule has 0 aliphatic carbocycles. The summed E-state index contributed by atoms with van der Waals surface area (Å²) in [7, 11) is 2.45. The molecule has 0 aromatic heterocycles. The van der Waals surface area contributed by atoms with Gasteiger partial charge in [-0.3, -0.25) is 14.4 Å². The number of esters is 2. The Balaban J connectivity index is 4.56. The number of unbranched alkanes of at least 4 members (excludes halogenated alkanes) is 12. The van der Waals surface area contributed by atoms with Gasteiger partial charge in [-0.25, -0.2) is 0 Å². The number of nitrogens with two attached hydrogens (primary N) is 2. The van der Waals surface area contributed by atoms with Gasteiger partial charge in [0.1, 0.15) is 29.1 Å². The quantitative estimate of drug-likeness (QED) is 0.0770. The van der Waals surface area contributed by atoms with Gasteiger partial charge in [-0.15, -0.1) is 0 Å². The fourth-order valence-electron chi connectivity index (χ4n) is 3.90. The summed E-state index contributed by atoms with van der Waals surface area (Å²) in [5.41, 5.74) is 10.9. The Kier molecular flexibility index (Phi) is 20.6. The van der Waals surface area contributed by atoms with Gasteiger partial charge in [-0.2, -0.15) is 0 Å². The first-order chi connectivity index (χ1) is 18.2. The summed E-state index contributed by atoms with van der Waals surface area (Å²) in [5, 5.41) is -0.770. The molecule has 39 heavy (non-hydrogen) atoms. The molecule has 230 valence electrons. The van der Waals surface area contributed by atoms with Crippen molar-refractivity contribution in [2.75, 3.05) is 5.75 Å². The minimum Gasteiger partial charge on any atom is -0.459 e. The Hall–Kier alpha value is -0.770. The molecule has 0 rings (SSSR count). The van der Waals surface area contributed by atoms with Crippen LogP contribution >= 0.6 is 21.6 Å². The van der Waals surface area contributed by atoms with E-state index in [1.54, 1.807) is 41.5 Å². The number of ketones is 1. The van der Waals surface area contributed by atoms with Crippen LogP contribution in [0.2, 0.25) is 0 Å². The van der Waals surface area contributed by atoms with Gasteiger partial charge in [0.15, 0.2) is 0 Å². The maximum Gasteiger partial charge on any atom is 0.325 e. The summed E-state index contributed by atoms with van der Waals surface area (Å²) in [6, 6.07) is -1.93. The molecule has 0 heterocycles. The summed E-state index contributed by atoms with van der Waals surface area (Å²) in [6.45, 7) is 12.9. The Labute approximate surface area is 246 Å². The third-order valence-corrected chi connectivity index (χ3v) is 8.81. The lowest BCUT2D eigenvalue weighted by molar-refractivity contribution is -0.157. The molecule has 0 amide bonds. The zero-order valence-electron chi connectivity index (χ0n) is 25.9. The molecule has 0 fully saturated rings. The highest BCUT2D eigenvalue weighted by atomic mass is 33.1. The second-order valence-electron chi connectivity index (χ2n) is 12.5. The van der Waals surface area contributed by atoms with E-state index in [0.29, 0.717) is 6.42 Å². The van der Waals surface area contributed by atoms with Crippen molar-refractivity contribution < 1.29 is 23.9 Å². The Morgan fingerprint density at radius 1 is 0.667 bits per heavy atom. The summed E-state index contributed by atoms with van der Waals surface area (Å²) in [6.07, 6.45) is 16.4. The van der Waals surface area contributed by atoms with Crippen molar-refractivity contribution in [3.63, 3.8) is 0 Å². The average molecular weight is 591 g/mol. The molecule has 0 aliphatic rings. The molecule has 0 radical (unpaired) electrons. The van der Waals surface area contributed by atoms with E-state index >= 15 is 0 Å². The van der Waals surface area contributed by atoms with E-state index in [9.17, 15) is 14.4 Å². The van der Waals surface area contributed by atoms with Crippen molar-refractivity contribution in [3.8, 4) is 0 Å². The van der Waals surface area contributed by atoms with Gasteiger partial charge in [0, 0.05) is 12.2 Å². The van der Waals surface area contributed by atoms with E-state index in [-0.39, 0.29) is 11.5 Å². The van der Waals surface area contributed by atoms with Gasteiger partial charge in [0.05, 0.1) is 5.25 Å². The molecule has 0 aromatic carbocycles. The zero-order chi connectivity index (χ0) is 29.9. The van der Waals surface area contributed by atoms with Crippen LogP contribution in [0.5, 0.6) is 0 Å². The third-order valence-electron chi connectivity index (χ3n) is 5.98. The lowest BCUT2D eigenvalue weighted by Gasteiger charge is -2.26. The van der Waals surface area contributed by atoms with Crippen molar-refractivity contribution in [1.29, 1.82) is 0 Å². The van der Waals surface area contributed by atoms with Crippen LogP contribution in [-0.2, 0) is 23.9 Å². The molecule has 0 spiro atoms. The van der Waals surface area contributed by atoms with Crippen LogP contribution in [0.15, 0.2) is 0 Å². The van der Waals surface area contributed by atoms with E-state index in [2.05, 4.69) is 6.92 Å². The first-order valence-electron chi connectivity index (χ1n) is 15.0. The van der Waals surface area contributed by atoms with Crippen LogP contribution in [0.1, 0.15) is 138 Å². The average Bonchev–Trinajstić information content (AvgIpc) is 2.81. The second-order valence-corrected chi connectivity index (χ2v) is 15.0. The molecule has 0 saturated heterocycles. The molecular formula is C30H58N2O5S2. The monoisotopic (exact) mass is 590 g/mol. The van der Waals surface area contributed by atoms with Crippen molar-refractivity contribution in [2.24, 2.45) is 11.5 Å². The highest BCUT2D eigenvalue weighted by Gasteiger charge is 2.34. The minimum absolute atomic E-state index is 0.0697. The largest absolute Gasteiger partial charge is 0.459 e. The summed E-state index contributed by atoms with van der Waals surface area (Å²) in [5.74, 6) is -0.930. The van der Waals surface area contributed by atoms with Gasteiger partial charge in [0.25, 0.3) is 0 Å². The smallest absolute Gasteiger partial charge is 0.325 e. The van der Waals surface area contributed by atoms with E-state index in [1.807, 2.05) is 0 Å². The van der Waals surface area contributed by atoms with Crippen LogP contribution in [0.25, 0.3) is 0 Å². The van der Waals surface area contributed by atoms with Crippen molar-refractivity contribution in [3.05, 3.63) is 0 Å². The fraction of sp³-hybridized carbons (Fsp3) is 0.900. The third kappa shape index (κ3) is 21.6. The van der Waals surface area contributed by atoms with E-state index in [0.717, 1.165) is 19.3 Å². The van der Waals surface area contributed by atoms with Gasteiger partial charge < -0.3 is 20.9 Å². The highest BCUT2D eigenvalue weighted by Crippen LogP contribution is 2.32. The molecular weight excluding hydrogens is 532 g/mol. The van der Waals surface area contributed by atoms with E-state index in [1.165, 1.54) is 85.8 Å². The molecule has 3 atom stereocenters. The molecule has 0 aromatic rings. The lowest BCUT2D eigenvalue weighted by atomic mass is 10.0. The Morgan fingerprint density at radius 2 is 1.08 bits per heavy atom. The fourth-order valence-corrected chi connectivity index (χ4v) is 6.66. The van der Waals surface area contributed by atoms with Gasteiger partial charge >= 0.3 is 11.9 Å². The van der Waals surface area contributed by atoms with Gasteiger partial charge in [-0.1, -0.05) is 106 Å². The number of rotatable bonds is 22. The van der Waals surface area contributed by atoms with E-state index in [4.69, 9.17) is 20.9 Å². The van der Waals surface area contributed by atoms with Crippen molar-refractivity contribution in [1.82, 2.24) is 0 Å². The molecule has 7 nitrogen and oxygen atoms in total. The minimum atomic E-state index is -1.09. The number of hydrogen-bond donors (Lipinski definition) is 2. The Morgan fingerprint density at radius 3 is 1.51 bits per heavy atom. The normalized spacial score (nSPS) is 14.5. The lowest BCUT2D eigenvalue weighted by Crippen LogP contribution is -2.47. The predicted molar refractivity (Wildman–Crippen MR) is 167 cm³/mol. The molecule has 4 N–H and O–H groups in total. The first-order valence-corrected chi connectivity index (χ1v) is 17.3. The SMILES string of the molecule is CCCCCCCCCCCCCCCC(=O)C(SSC[C@H](N)C(=O)OC(C)(C)C)[C@H](N)C(=O)OC(C)(C)C. The number of Topliss-reactive ketones (excluding diaryl/α,β-unsaturated/α-hetero) is 1. The standard InChI is InChI=1S/C30H58N2O5S2/c1-8-9-10-11-12-13-14-15-16-17-18-19-20-21-24(33)26(25(32)28(35)37-30(5,6)7)39-38-22-23(31)27(34)36-29(2,3)4/h23,25-26H,8-22,31-32H2,1-7H3/t23-,25-,26?/m0/s1. The summed E-state index contributed by atoms with van der Waals surface area (Å²) in [4.78, 5) is 37.9. The molecule has 0 bridgehead atoms. The molecule has 0 saturated carbocycles. The van der Waals surface area contributed by atoms with Gasteiger partial charge in [0.2, 0.25) is 0 Å². The van der Waals surface area contributed by atoms with Gasteiger partial charge in [-0.05, 0) is 48.0 Å². The van der Waals surface area contributed by atoms with E-state index < -0.39 is 40.5 Å². The van der Waals surface area contributed by atoms with Crippen LogP contribution in [0.3, 0.4) is 0 Å². The Bertz CT molecular complexity index is 692. The number of hydrogen-bond acceptors (Lipinski definition) is 9. The number of carbonyl (C=O) groups excluding carboxylic acids is 3. The van der Waals surface area contributed by atoms with Crippen LogP contribution in [0, 0.1) is 0 Å². The highest BCUT2D eigenvalue weighted by molar-refractivity contribution is 8.77. The number of ether oxygens (including phenoxy) is 2. The van der Waals surface area contributed by atoms with Crippen LogP contribution in [-0.4, -0.2) is 52.0 Å².